The average molecular weight is 1100 g/mol. The van der Waals surface area contributed by atoms with Gasteiger partial charge in [-0.1, -0.05) is 0 Å². The van der Waals surface area contributed by atoms with Crippen LogP contribution in [0.25, 0.3) is 0 Å². The molecular weight excluding hydrogens is 1100 g/mol. The molecule has 45 heteroatoms. The molecule has 0 amide bonds. The fourth-order valence-electron chi connectivity index (χ4n) is 3.59. The van der Waals surface area contributed by atoms with Crippen LogP contribution in [0.4, 0.5) is 184 Å². The van der Waals surface area contributed by atoms with Gasteiger partial charge in [0, 0.05) is 0 Å². The number of alkyl halides is 42. The Balaban J connectivity index is 8.06. The van der Waals surface area contributed by atoms with E-state index in [4.69, 9.17) is 0 Å². The molecule has 0 saturated heterocycles. The summed E-state index contributed by atoms with van der Waals surface area (Å²) in [6, 6.07) is 0. The van der Waals surface area contributed by atoms with Gasteiger partial charge in [0.25, 0.3) is 9.84 Å². The highest BCUT2D eigenvalue weighted by atomic mass is 32.2. The Kier molecular flexibility index (Phi) is 13.9. The van der Waals surface area contributed by atoms with Crippen LogP contribution in [0.2, 0.25) is 0 Å². The molecule has 0 rings (SSSR count). The van der Waals surface area contributed by atoms with Gasteiger partial charge in [-0.3, -0.25) is 0 Å². The molecule has 0 aromatic rings. The van der Waals surface area contributed by atoms with E-state index in [9.17, 15) is 193 Å². The molecule has 65 heavy (non-hydrogen) atoms. The predicted molar refractivity (Wildman–Crippen MR) is 110 cm³/mol. The lowest BCUT2D eigenvalue weighted by atomic mass is 9.87. The van der Waals surface area contributed by atoms with E-state index in [0.29, 0.717) is 0 Å². The topological polar surface area (TPSA) is 34.1 Å². The quantitative estimate of drug-likeness (QED) is 0.128. The number of rotatable bonds is 18. The molecule has 0 N–H and O–H groups in total. The Bertz CT molecular complexity index is 1740. The van der Waals surface area contributed by atoms with Crippen LogP contribution in [0.15, 0.2) is 0 Å². The van der Waals surface area contributed by atoms with Crippen LogP contribution < -0.4 is 0 Å². The molecule has 0 aliphatic rings. The highest BCUT2D eigenvalue weighted by Gasteiger charge is 3.02. The van der Waals surface area contributed by atoms with Crippen molar-refractivity contribution in [2.75, 3.05) is 0 Å². The van der Waals surface area contributed by atoms with E-state index >= 15 is 0 Å². The summed E-state index contributed by atoms with van der Waals surface area (Å²) in [7, 11) is -11.5. The fourth-order valence-corrected chi connectivity index (χ4v) is 4.84. The average Bonchev–Trinajstić information content (AvgIpc) is 3.05. The second kappa shape index (κ2) is 14.5. The molecular formula is C20F42O2S. The summed E-state index contributed by atoms with van der Waals surface area (Å²) in [5.41, 5.74) is 0. The molecule has 0 aromatic heterocycles. The first-order chi connectivity index (χ1) is 27.0. The van der Waals surface area contributed by atoms with Gasteiger partial charge >= 0.3 is 118 Å². The van der Waals surface area contributed by atoms with E-state index < -0.39 is 127 Å². The van der Waals surface area contributed by atoms with Crippen molar-refractivity contribution >= 4 is 9.84 Å². The third-order valence-electron chi connectivity index (χ3n) is 7.64. The Morgan fingerprint density at radius 2 is 0.246 bits per heavy atom. The summed E-state index contributed by atoms with van der Waals surface area (Å²) in [5, 5.41) is -20.8. The third-order valence-corrected chi connectivity index (χ3v) is 9.50. The Hall–Kier alpha value is -2.99. The second-order valence-corrected chi connectivity index (χ2v) is 13.8. The highest BCUT2D eigenvalue weighted by Crippen LogP contribution is 2.70. The summed E-state index contributed by atoms with van der Waals surface area (Å²) in [6.07, 6.45) is -17.1. The smallest absolute Gasteiger partial charge is 0.216 e. The Morgan fingerprint density at radius 3 is 0.354 bits per heavy atom. The van der Waals surface area contributed by atoms with E-state index in [-0.39, 0.29) is 0 Å². The zero-order valence-corrected chi connectivity index (χ0v) is 27.9. The molecule has 0 saturated carbocycles. The summed E-state index contributed by atoms with van der Waals surface area (Å²) in [4.78, 5) is 0. The van der Waals surface area contributed by atoms with Crippen LogP contribution in [0.1, 0.15) is 0 Å². The van der Waals surface area contributed by atoms with Gasteiger partial charge in [0.2, 0.25) is 0 Å². The maximum absolute atomic E-state index is 14.1. The molecule has 0 bridgehead atoms. The van der Waals surface area contributed by atoms with Crippen LogP contribution in [-0.2, 0) is 9.84 Å². The molecule has 392 valence electrons. The molecule has 0 fully saturated rings. The number of hydrogen-bond donors (Lipinski definition) is 0. The number of sulfone groups is 1. The van der Waals surface area contributed by atoms with Crippen molar-refractivity contribution in [3.05, 3.63) is 0 Å². The predicted octanol–water partition coefficient (Wildman–Crippen LogP) is 12.9. The van der Waals surface area contributed by atoms with Crippen molar-refractivity contribution in [3.8, 4) is 0 Å². The number of halogens is 42. The highest BCUT2D eigenvalue weighted by molar-refractivity contribution is 7.93. The molecule has 0 aliphatic carbocycles. The molecule has 0 radical (unpaired) electrons. The van der Waals surface area contributed by atoms with Crippen LogP contribution in [0, 0.1) is 0 Å². The van der Waals surface area contributed by atoms with E-state index in [1.165, 1.54) is 0 Å². The van der Waals surface area contributed by atoms with Crippen molar-refractivity contribution in [1.29, 1.82) is 0 Å². The van der Waals surface area contributed by atoms with Crippen LogP contribution >= 0.6 is 0 Å². The van der Waals surface area contributed by atoms with E-state index in [1.807, 2.05) is 0 Å². The standard InChI is InChI=1S/C20F42O2S/c21-1(22,5(29,30)9(37,38)13(45,46)17(53,54)55)3(25,26)7(33,34)11(41,42)15(49,50)19(59,60)65(63,64)20(61,62)16(51,52)12(43,44)8(35,36)4(27,28)2(23,24)6(31,32)10(39,40)14(47,48)18(56,57)58. The molecule has 2 nitrogen and oxygen atoms in total. The number of hydrogen-bond acceptors (Lipinski definition) is 2. The lowest BCUT2D eigenvalue weighted by Gasteiger charge is -2.45. The molecule has 0 heterocycles. The van der Waals surface area contributed by atoms with E-state index in [0.717, 1.165) is 0 Å². The first-order valence-electron chi connectivity index (χ1n) is 13.2. The van der Waals surface area contributed by atoms with Gasteiger partial charge < -0.3 is 0 Å². The fraction of sp³-hybridized carbons (Fsp3) is 1.00. The molecule has 0 aromatic carbocycles. The zero-order chi connectivity index (χ0) is 54.5. The molecule has 0 spiro atoms. The summed E-state index contributed by atoms with van der Waals surface area (Å²) in [5.74, 6) is -161. The first kappa shape index (κ1) is 62.0. The first-order valence-corrected chi connectivity index (χ1v) is 14.7. The maximum atomic E-state index is 14.1. The zero-order valence-electron chi connectivity index (χ0n) is 27.1. The van der Waals surface area contributed by atoms with Crippen LogP contribution in [0.3, 0.4) is 0 Å². The van der Waals surface area contributed by atoms with Crippen molar-refractivity contribution in [1.82, 2.24) is 0 Å². The Morgan fingerprint density at radius 1 is 0.154 bits per heavy atom. The summed E-state index contributed by atoms with van der Waals surface area (Å²) < 4.78 is 586. The van der Waals surface area contributed by atoms with E-state index in [1.54, 1.807) is 0 Å². The minimum absolute atomic E-state index is 8.54. The van der Waals surface area contributed by atoms with Gasteiger partial charge in [-0.15, -0.1) is 0 Å². The summed E-state index contributed by atoms with van der Waals surface area (Å²) >= 11 is 0. The normalized spacial score (nSPS) is 17.5. The third kappa shape index (κ3) is 6.78. The van der Waals surface area contributed by atoms with Crippen molar-refractivity contribution in [2.24, 2.45) is 0 Å². The summed E-state index contributed by atoms with van der Waals surface area (Å²) in [6.45, 7) is 0. The lowest BCUT2D eigenvalue weighted by Crippen LogP contribution is -2.78. The van der Waals surface area contributed by atoms with E-state index in [2.05, 4.69) is 0 Å². The largest absolute Gasteiger partial charge is 0.460 e. The molecule has 0 unspecified atom stereocenters. The lowest BCUT2D eigenvalue weighted by molar-refractivity contribution is -0.473. The second-order valence-electron chi connectivity index (χ2n) is 11.7. The van der Waals surface area contributed by atoms with Crippen molar-refractivity contribution < 1.29 is 193 Å². The van der Waals surface area contributed by atoms with Gasteiger partial charge in [-0.2, -0.15) is 184 Å². The minimum Gasteiger partial charge on any atom is -0.216 e. The van der Waals surface area contributed by atoms with Gasteiger partial charge in [-0.25, -0.2) is 8.42 Å². The van der Waals surface area contributed by atoms with Gasteiger partial charge in [0.1, 0.15) is 0 Å². The van der Waals surface area contributed by atoms with Crippen LogP contribution in [0.5, 0.6) is 0 Å². The molecule has 0 atom stereocenters. The van der Waals surface area contributed by atoms with Crippen LogP contribution in [-0.4, -0.2) is 126 Å². The maximum Gasteiger partial charge on any atom is 0.460 e. The minimum atomic E-state index is -11.5. The SMILES string of the molecule is O=S(=O)(C(F)(F)C(F)(F)C(F)(F)C(F)(F)C(F)(F)C(F)(F)C(F)(F)C(F)(F)C(F)(F)C(F)(F)F)C(F)(F)C(F)(F)C(F)(F)C(F)(F)C(F)(F)C(F)(F)C(F)(F)C(F)(F)C(F)(F)C(F)(F)F. The monoisotopic (exact) mass is 1100 g/mol. The van der Waals surface area contributed by atoms with Crippen molar-refractivity contribution in [2.45, 2.75) is 118 Å². The van der Waals surface area contributed by atoms with Gasteiger partial charge in [0.05, 0.1) is 0 Å². The van der Waals surface area contributed by atoms with Gasteiger partial charge in [0.15, 0.2) is 0 Å². The Labute approximate surface area is 321 Å². The van der Waals surface area contributed by atoms with Crippen molar-refractivity contribution in [3.63, 3.8) is 0 Å². The van der Waals surface area contributed by atoms with Gasteiger partial charge in [-0.05, 0) is 0 Å². The molecule has 0 aliphatic heterocycles.